The fourth-order valence-electron chi connectivity index (χ4n) is 3.44. The van der Waals surface area contributed by atoms with E-state index in [-0.39, 0.29) is 20.1 Å². The lowest BCUT2D eigenvalue weighted by atomic mass is 9.88. The Morgan fingerprint density at radius 2 is 1.97 bits per heavy atom. The minimum absolute atomic E-state index is 0.0640. The number of rotatable bonds is 4. The zero-order valence-corrected chi connectivity index (χ0v) is 20.0. The van der Waals surface area contributed by atoms with Crippen molar-refractivity contribution in [1.82, 2.24) is 0 Å². The van der Waals surface area contributed by atoms with Crippen LogP contribution in [0, 0.1) is 11.8 Å². The molecule has 1 unspecified atom stereocenters. The number of carbonyl (C=O) groups excluding carboxylic acids is 2. The highest BCUT2D eigenvalue weighted by Gasteiger charge is 2.47. The molecule has 30 heavy (non-hydrogen) atoms. The summed E-state index contributed by atoms with van der Waals surface area (Å²) in [4.78, 5) is 28.2. The monoisotopic (exact) mass is 529 g/mol. The van der Waals surface area contributed by atoms with E-state index in [1.807, 2.05) is 13.8 Å². The summed E-state index contributed by atoms with van der Waals surface area (Å²) in [5, 5.41) is 0.262. The van der Waals surface area contributed by atoms with Crippen LogP contribution in [0.4, 0.5) is 10.7 Å². The van der Waals surface area contributed by atoms with Gasteiger partial charge in [-0.15, -0.1) is 15.7 Å². The van der Waals surface area contributed by atoms with E-state index in [1.165, 1.54) is 9.99 Å². The number of carbonyl (C=O) groups is 2. The third-order valence-corrected chi connectivity index (χ3v) is 8.57. The van der Waals surface area contributed by atoms with Crippen molar-refractivity contribution in [2.75, 3.05) is 15.4 Å². The molecule has 1 amide bonds. The number of hydrogen-bond acceptors (Lipinski definition) is 6. The van der Waals surface area contributed by atoms with E-state index in [0.717, 1.165) is 17.8 Å². The lowest BCUT2D eigenvalue weighted by Crippen LogP contribution is -2.51. The number of ketones is 1. The van der Waals surface area contributed by atoms with Gasteiger partial charge < -0.3 is 4.90 Å². The third kappa shape index (κ3) is 3.49. The van der Waals surface area contributed by atoms with Crippen molar-refractivity contribution < 1.29 is 18.0 Å². The fraction of sp³-hybridized carbons (Fsp3) is 0.316. The molecule has 11 heteroatoms. The van der Waals surface area contributed by atoms with Crippen LogP contribution in [0.1, 0.15) is 30.6 Å². The molecule has 3 heterocycles. The van der Waals surface area contributed by atoms with Crippen molar-refractivity contribution >= 4 is 77.3 Å². The van der Waals surface area contributed by atoms with Crippen LogP contribution in [0.5, 0.6) is 0 Å². The van der Waals surface area contributed by atoms with Crippen LogP contribution in [0.15, 0.2) is 39.6 Å². The summed E-state index contributed by atoms with van der Waals surface area (Å²) in [6.45, 7) is 4.50. The smallest absolute Gasteiger partial charge is 0.287 e. The molecular weight excluding hydrogens is 514 g/mol. The van der Waals surface area contributed by atoms with Gasteiger partial charge in [-0.3, -0.25) is 13.5 Å². The number of sulfonamides is 1. The number of hydrogen-bond donors (Lipinski definition) is 0. The second-order valence-corrected chi connectivity index (χ2v) is 11.4. The number of amides is 1. The second kappa shape index (κ2) is 7.74. The molecule has 0 saturated carbocycles. The molecule has 4 rings (SSSR count). The summed E-state index contributed by atoms with van der Waals surface area (Å²) >= 11 is 10.3. The molecule has 2 aliphatic rings. The molecule has 2 aromatic rings. The van der Waals surface area contributed by atoms with Crippen molar-refractivity contribution in [3.05, 3.63) is 40.2 Å². The van der Waals surface area contributed by atoms with Gasteiger partial charge in [0, 0.05) is 12.1 Å². The van der Waals surface area contributed by atoms with Crippen molar-refractivity contribution in [2.45, 2.75) is 25.2 Å². The molecule has 1 aromatic heterocycles. The van der Waals surface area contributed by atoms with E-state index in [2.05, 4.69) is 20.5 Å². The van der Waals surface area contributed by atoms with Gasteiger partial charge >= 0.3 is 0 Å². The predicted molar refractivity (Wildman–Crippen MR) is 121 cm³/mol. The molecule has 1 atom stereocenters. The molecule has 158 valence electrons. The molecule has 0 fully saturated rings. The molecule has 1 aromatic carbocycles. The first-order valence-corrected chi connectivity index (χ1v) is 12.5. The maximum atomic E-state index is 13.4. The van der Waals surface area contributed by atoms with E-state index >= 15 is 0 Å². The molecule has 7 nitrogen and oxygen atoms in total. The van der Waals surface area contributed by atoms with Crippen molar-refractivity contribution in [1.29, 1.82) is 0 Å². The molecule has 0 spiro atoms. The quantitative estimate of drug-likeness (QED) is 0.429. The van der Waals surface area contributed by atoms with Crippen molar-refractivity contribution in [3.8, 4) is 0 Å². The van der Waals surface area contributed by atoms with E-state index in [0.29, 0.717) is 23.7 Å². The average molecular weight is 531 g/mol. The number of halogens is 2. The molecular formula is C19H17BrClN3O4S2. The van der Waals surface area contributed by atoms with Gasteiger partial charge in [-0.25, -0.2) is 0 Å². The SMILES string of the molecule is CC(C)CCN1C(=O)C(C2=NS(=O)(=O)c3cc(Cl)sc3N2Br)C(=O)c2ccccc21. The summed E-state index contributed by atoms with van der Waals surface area (Å²) in [5.74, 6) is -2.20. The topological polar surface area (TPSA) is 87.1 Å². The standard InChI is InChI=1S/C19H17BrClN3O4S2/c1-10(2)7-8-23-12-6-4-3-5-11(12)16(25)15(18(23)26)17-22-30(27,28)13-9-14(21)29-19(13)24(17)20/h3-6,9-10,15H,7-8H2,1-2H3. The second-order valence-electron chi connectivity index (χ2n) is 7.41. The number of Topliss-reactive ketones (excluding diaryl/α,β-unsaturated/α-hetero) is 1. The number of nitrogens with zero attached hydrogens (tertiary/aromatic N) is 3. The van der Waals surface area contributed by atoms with E-state index in [9.17, 15) is 18.0 Å². The average Bonchev–Trinajstić information content (AvgIpc) is 3.09. The maximum absolute atomic E-state index is 13.4. The molecule has 0 N–H and O–H groups in total. The van der Waals surface area contributed by atoms with Crippen LogP contribution in [-0.2, 0) is 14.8 Å². The molecule has 0 aliphatic carbocycles. The highest BCUT2D eigenvalue weighted by molar-refractivity contribution is 9.10. The molecule has 2 aliphatic heterocycles. The minimum atomic E-state index is -4.10. The Balaban J connectivity index is 1.83. The first-order valence-electron chi connectivity index (χ1n) is 9.16. The minimum Gasteiger partial charge on any atom is -0.311 e. The van der Waals surface area contributed by atoms with Gasteiger partial charge in [-0.2, -0.15) is 8.42 Å². The van der Waals surface area contributed by atoms with Crippen molar-refractivity contribution in [2.24, 2.45) is 16.2 Å². The number of para-hydroxylation sites is 1. The van der Waals surface area contributed by atoms with E-state index in [1.54, 1.807) is 29.2 Å². The summed E-state index contributed by atoms with van der Waals surface area (Å²) in [6.07, 6.45) is 0.731. The summed E-state index contributed by atoms with van der Waals surface area (Å²) < 4.78 is 30.8. The number of benzene rings is 1. The summed E-state index contributed by atoms with van der Waals surface area (Å²) in [5.41, 5.74) is 0.895. The number of fused-ring (bicyclic) bond motifs is 2. The van der Waals surface area contributed by atoms with Crippen molar-refractivity contribution in [3.63, 3.8) is 0 Å². The van der Waals surface area contributed by atoms with Crippen LogP contribution < -0.4 is 8.83 Å². The van der Waals surface area contributed by atoms with E-state index in [4.69, 9.17) is 11.6 Å². The molecule has 0 radical (unpaired) electrons. The summed E-state index contributed by atoms with van der Waals surface area (Å²) in [7, 11) is -4.10. The number of anilines is 2. The van der Waals surface area contributed by atoms with Crippen LogP contribution in [0.3, 0.4) is 0 Å². The van der Waals surface area contributed by atoms with Crippen LogP contribution >= 0.6 is 39.1 Å². The van der Waals surface area contributed by atoms with Gasteiger partial charge in [-0.1, -0.05) is 37.6 Å². The van der Waals surface area contributed by atoms with Crippen LogP contribution in [0.25, 0.3) is 0 Å². The Kier molecular flexibility index (Phi) is 5.54. The predicted octanol–water partition coefficient (Wildman–Crippen LogP) is 4.51. The molecule has 0 saturated heterocycles. The normalized spacial score (nSPS) is 20.3. The van der Waals surface area contributed by atoms with Gasteiger partial charge in [0.2, 0.25) is 5.91 Å². The lowest BCUT2D eigenvalue weighted by molar-refractivity contribution is -0.119. The zero-order valence-electron chi connectivity index (χ0n) is 16.0. The fourth-order valence-corrected chi connectivity index (χ4v) is 7.07. The highest BCUT2D eigenvalue weighted by Crippen LogP contribution is 2.45. The first-order chi connectivity index (χ1) is 14.1. The van der Waals surface area contributed by atoms with Gasteiger partial charge in [0.1, 0.15) is 9.90 Å². The van der Waals surface area contributed by atoms with E-state index < -0.39 is 27.6 Å². The Labute approximate surface area is 191 Å². The van der Waals surface area contributed by atoms with Gasteiger partial charge in [0.15, 0.2) is 17.5 Å². The third-order valence-electron chi connectivity index (χ3n) is 4.94. The van der Waals surface area contributed by atoms with Gasteiger partial charge in [0.25, 0.3) is 10.0 Å². The Bertz CT molecular complexity index is 1190. The highest BCUT2D eigenvalue weighted by atomic mass is 79.9. The lowest BCUT2D eigenvalue weighted by Gasteiger charge is -2.36. The Morgan fingerprint density at radius 1 is 1.27 bits per heavy atom. The zero-order chi connectivity index (χ0) is 21.8. The molecule has 0 bridgehead atoms. The maximum Gasteiger partial charge on any atom is 0.287 e. The largest absolute Gasteiger partial charge is 0.311 e. The van der Waals surface area contributed by atoms with Crippen LogP contribution in [0.2, 0.25) is 4.34 Å². The van der Waals surface area contributed by atoms with Gasteiger partial charge in [0.05, 0.1) is 26.2 Å². The Hall–Kier alpha value is -1.75. The first kappa shape index (κ1) is 21.5. The number of thiophene rings is 1. The Morgan fingerprint density at radius 3 is 2.67 bits per heavy atom. The van der Waals surface area contributed by atoms with Crippen LogP contribution in [-0.4, -0.2) is 32.5 Å². The van der Waals surface area contributed by atoms with Gasteiger partial charge in [-0.05, 0) is 30.5 Å². The number of amidine groups is 1. The summed E-state index contributed by atoms with van der Waals surface area (Å²) in [6, 6.07) is 8.15.